The van der Waals surface area contributed by atoms with Crippen molar-refractivity contribution in [2.24, 2.45) is 0 Å². The van der Waals surface area contributed by atoms with Gasteiger partial charge in [0.1, 0.15) is 29.1 Å². The topological polar surface area (TPSA) is 87.2 Å². The number of methoxy groups -OCH3 is 1. The van der Waals surface area contributed by atoms with E-state index in [2.05, 4.69) is 4.98 Å². The second-order valence-electron chi connectivity index (χ2n) is 8.24. The highest BCUT2D eigenvalue weighted by atomic mass is 32.1. The molecule has 0 bridgehead atoms. The molecule has 1 saturated heterocycles. The van der Waals surface area contributed by atoms with Crippen LogP contribution in [0.2, 0.25) is 0 Å². The first-order valence-corrected chi connectivity index (χ1v) is 10.8. The number of amides is 1. The van der Waals surface area contributed by atoms with E-state index in [9.17, 15) is 9.59 Å². The Morgan fingerprint density at radius 3 is 2.71 bits per heavy atom. The highest BCUT2D eigenvalue weighted by molar-refractivity contribution is 7.14. The molecule has 0 radical (unpaired) electrons. The van der Waals surface area contributed by atoms with Gasteiger partial charge in [-0.25, -0.2) is 14.6 Å². The molecule has 0 unspecified atom stereocenters. The van der Waals surface area contributed by atoms with E-state index in [0.29, 0.717) is 31.0 Å². The summed E-state index contributed by atoms with van der Waals surface area (Å²) in [6.07, 6.45) is 1.11. The number of benzene rings is 1. The summed E-state index contributed by atoms with van der Waals surface area (Å²) in [5, 5.41) is 0.790. The maximum atomic E-state index is 12.3. The van der Waals surface area contributed by atoms with Crippen molar-refractivity contribution in [1.82, 2.24) is 9.88 Å². The molecule has 2 heterocycles. The van der Waals surface area contributed by atoms with Crippen molar-refractivity contribution < 1.29 is 28.5 Å². The Kier molecular flexibility index (Phi) is 7.17. The van der Waals surface area contributed by atoms with Gasteiger partial charge in [-0.05, 0) is 45.9 Å². The Morgan fingerprint density at radius 2 is 2.06 bits per heavy atom. The second-order valence-corrected chi connectivity index (χ2v) is 9.48. The van der Waals surface area contributed by atoms with Crippen molar-refractivity contribution in [3.63, 3.8) is 0 Å². The fraction of sp³-hybridized carbons (Fsp3) is 0.500. The molecule has 1 aromatic heterocycles. The summed E-state index contributed by atoms with van der Waals surface area (Å²) in [7, 11) is 1.34. The van der Waals surface area contributed by atoms with Crippen molar-refractivity contribution in [2.45, 2.75) is 39.4 Å². The molecule has 0 N–H and O–H groups in total. The lowest BCUT2D eigenvalue weighted by molar-refractivity contribution is -0.0557. The van der Waals surface area contributed by atoms with Gasteiger partial charge >= 0.3 is 12.1 Å². The van der Waals surface area contributed by atoms with E-state index < -0.39 is 11.6 Å². The molecule has 0 aliphatic carbocycles. The van der Waals surface area contributed by atoms with Gasteiger partial charge < -0.3 is 23.8 Å². The van der Waals surface area contributed by atoms with Crippen LogP contribution in [0.5, 0.6) is 5.75 Å². The minimum Gasteiger partial charge on any atom is -0.491 e. The van der Waals surface area contributed by atoms with Crippen molar-refractivity contribution in [2.75, 3.05) is 33.4 Å². The number of hydrogen-bond acceptors (Lipinski definition) is 8. The Balaban J connectivity index is 1.70. The Morgan fingerprint density at radius 1 is 1.29 bits per heavy atom. The number of rotatable bonds is 5. The van der Waals surface area contributed by atoms with Gasteiger partial charge in [-0.2, -0.15) is 0 Å². The van der Waals surface area contributed by atoms with Gasteiger partial charge in [-0.3, -0.25) is 0 Å². The summed E-state index contributed by atoms with van der Waals surface area (Å²) >= 11 is 1.53. The van der Waals surface area contributed by atoms with Gasteiger partial charge in [-0.15, -0.1) is 11.3 Å². The summed E-state index contributed by atoms with van der Waals surface area (Å²) in [5.74, 6) is 0.0498. The zero-order valence-electron chi connectivity index (χ0n) is 18.5. The third-order valence-corrected chi connectivity index (χ3v) is 5.38. The number of ether oxygens (including phenoxy) is 4. The van der Waals surface area contributed by atoms with Gasteiger partial charge in [0.2, 0.25) is 0 Å². The maximum absolute atomic E-state index is 12.3. The fourth-order valence-corrected chi connectivity index (χ4v) is 3.78. The summed E-state index contributed by atoms with van der Waals surface area (Å²) in [5.41, 5.74) is 0.596. The van der Waals surface area contributed by atoms with E-state index in [4.69, 9.17) is 18.9 Å². The average molecular weight is 449 g/mol. The van der Waals surface area contributed by atoms with Crippen LogP contribution in [0.15, 0.2) is 24.4 Å². The smallest absolute Gasteiger partial charge is 0.410 e. The van der Waals surface area contributed by atoms with E-state index in [-0.39, 0.29) is 18.8 Å². The normalized spacial score (nSPS) is 16.7. The number of carbonyl (C=O) groups is 2. The lowest BCUT2D eigenvalue weighted by Gasteiger charge is -2.34. The largest absolute Gasteiger partial charge is 0.491 e. The highest BCUT2D eigenvalue weighted by Crippen LogP contribution is 2.30. The first kappa shape index (κ1) is 23.0. The quantitative estimate of drug-likeness (QED) is 0.641. The van der Waals surface area contributed by atoms with Crippen molar-refractivity contribution >= 4 is 23.4 Å². The number of morpholine rings is 1. The number of hydrogen-bond donors (Lipinski definition) is 0. The van der Waals surface area contributed by atoms with Gasteiger partial charge in [0.25, 0.3) is 0 Å². The van der Waals surface area contributed by atoms with Crippen molar-refractivity contribution in [1.29, 1.82) is 0 Å². The lowest BCUT2D eigenvalue weighted by atomic mass is 10.1. The molecule has 0 saturated carbocycles. The van der Waals surface area contributed by atoms with Crippen LogP contribution in [0.4, 0.5) is 4.79 Å². The van der Waals surface area contributed by atoms with Gasteiger partial charge in [0.05, 0.1) is 25.8 Å². The summed E-state index contributed by atoms with van der Waals surface area (Å²) in [4.78, 5) is 31.5. The summed E-state index contributed by atoms with van der Waals surface area (Å²) in [6.45, 7) is 8.94. The minimum atomic E-state index is -0.555. The molecule has 8 nitrogen and oxygen atoms in total. The number of aromatic nitrogens is 1. The molecule has 9 heteroatoms. The Bertz CT molecular complexity index is 936. The molecule has 0 spiro atoms. The third kappa shape index (κ3) is 6.41. The molecule has 31 heavy (non-hydrogen) atoms. The predicted octanol–water partition coefficient (Wildman–Crippen LogP) is 3.92. The van der Waals surface area contributed by atoms with Crippen LogP contribution in [-0.4, -0.2) is 67.1 Å². The number of aryl methyl sites for hydroxylation is 1. The van der Waals surface area contributed by atoms with E-state index in [1.807, 2.05) is 33.8 Å². The van der Waals surface area contributed by atoms with Crippen molar-refractivity contribution in [3.8, 4) is 16.3 Å². The van der Waals surface area contributed by atoms with Crippen LogP contribution >= 0.6 is 11.3 Å². The molecule has 2 aromatic rings. The zero-order chi connectivity index (χ0) is 22.6. The molecule has 1 aliphatic rings. The van der Waals surface area contributed by atoms with Crippen LogP contribution in [0.1, 0.15) is 36.0 Å². The molecular weight excluding hydrogens is 420 g/mol. The lowest BCUT2D eigenvalue weighted by Crippen LogP contribution is -2.49. The van der Waals surface area contributed by atoms with E-state index in [1.54, 1.807) is 23.2 Å². The number of nitrogens with zero attached hydrogens (tertiary/aromatic N) is 2. The summed E-state index contributed by atoms with van der Waals surface area (Å²) < 4.78 is 22.0. The van der Waals surface area contributed by atoms with Crippen LogP contribution in [0.25, 0.3) is 10.6 Å². The number of esters is 1. The molecule has 168 valence electrons. The highest BCUT2D eigenvalue weighted by Gasteiger charge is 2.28. The number of carbonyl (C=O) groups excluding carboxylic acids is 2. The van der Waals surface area contributed by atoms with Crippen LogP contribution in [0, 0.1) is 6.92 Å². The van der Waals surface area contributed by atoms with E-state index >= 15 is 0 Å². The first-order valence-electron chi connectivity index (χ1n) is 10.0. The maximum Gasteiger partial charge on any atom is 0.410 e. The first-order chi connectivity index (χ1) is 14.6. The molecule has 1 aromatic carbocycles. The molecule has 3 rings (SSSR count). The number of thiazole rings is 1. The molecule has 1 atom stereocenters. The standard InChI is InChI=1S/C22H28N2O6S/c1-14-11-23-19(31-14)15-8-16(20(25)27-5)10-17(9-15)29-13-18-12-24(6-7-28-18)21(26)30-22(2,3)4/h8-11,18H,6-7,12-13H2,1-5H3/t18-/m0/s1. The van der Waals surface area contributed by atoms with Gasteiger partial charge in [0.15, 0.2) is 0 Å². The zero-order valence-corrected chi connectivity index (χ0v) is 19.3. The predicted molar refractivity (Wildman–Crippen MR) is 117 cm³/mol. The molecule has 1 aliphatic heterocycles. The van der Waals surface area contributed by atoms with Crippen molar-refractivity contribution in [3.05, 3.63) is 34.8 Å². The minimum absolute atomic E-state index is 0.222. The van der Waals surface area contributed by atoms with Crippen LogP contribution in [-0.2, 0) is 14.2 Å². The Labute approximate surface area is 186 Å². The van der Waals surface area contributed by atoms with E-state index in [0.717, 1.165) is 15.4 Å². The van der Waals surface area contributed by atoms with Crippen LogP contribution in [0.3, 0.4) is 0 Å². The molecule has 1 amide bonds. The van der Waals surface area contributed by atoms with Crippen LogP contribution < -0.4 is 4.74 Å². The average Bonchev–Trinajstić information content (AvgIpc) is 3.17. The Hall–Kier alpha value is -2.65. The second kappa shape index (κ2) is 9.65. The van der Waals surface area contributed by atoms with Gasteiger partial charge in [-0.1, -0.05) is 0 Å². The monoisotopic (exact) mass is 448 g/mol. The fourth-order valence-electron chi connectivity index (χ4n) is 3.03. The van der Waals surface area contributed by atoms with Gasteiger partial charge in [0, 0.05) is 23.2 Å². The SMILES string of the molecule is COC(=O)c1cc(OC[C@@H]2CN(C(=O)OC(C)(C)C)CCO2)cc(-c2ncc(C)s2)c1. The molecular formula is C22H28N2O6S. The summed E-state index contributed by atoms with van der Waals surface area (Å²) in [6, 6.07) is 5.20. The van der Waals surface area contributed by atoms with E-state index in [1.165, 1.54) is 18.4 Å². The molecule has 1 fully saturated rings. The third-order valence-electron chi connectivity index (χ3n) is 4.42.